The third-order valence-electron chi connectivity index (χ3n) is 2.76. The van der Waals surface area contributed by atoms with Crippen LogP contribution in [0.3, 0.4) is 0 Å². The maximum Gasteiger partial charge on any atom is 0.407 e. The second-order valence-electron chi connectivity index (χ2n) is 6.18. The second-order valence-corrected chi connectivity index (χ2v) is 7.79. The fourth-order valence-corrected chi connectivity index (χ4v) is 2.63. The summed E-state index contributed by atoms with van der Waals surface area (Å²) < 4.78 is 5.11. The van der Waals surface area contributed by atoms with E-state index >= 15 is 0 Å². The van der Waals surface area contributed by atoms with Crippen LogP contribution in [-0.4, -0.2) is 36.4 Å². The van der Waals surface area contributed by atoms with Crippen LogP contribution in [0.2, 0.25) is 5.02 Å². The molecule has 0 fully saturated rings. The summed E-state index contributed by atoms with van der Waals surface area (Å²) in [5.41, 5.74) is -0.511. The number of benzene rings is 1. The van der Waals surface area contributed by atoms with Crippen LogP contribution in [0.25, 0.3) is 0 Å². The van der Waals surface area contributed by atoms with Gasteiger partial charge in [0.1, 0.15) is 5.60 Å². The van der Waals surface area contributed by atoms with E-state index in [2.05, 4.69) is 10.6 Å². The van der Waals surface area contributed by atoms with Crippen molar-refractivity contribution in [1.82, 2.24) is 10.6 Å². The Balaban J connectivity index is 2.04. The Hall–Kier alpha value is -1.40. The van der Waals surface area contributed by atoms with Gasteiger partial charge in [-0.05, 0) is 51.5 Å². The molecule has 0 atom stereocenters. The lowest BCUT2D eigenvalue weighted by atomic mass is 10.2. The summed E-state index contributed by atoms with van der Waals surface area (Å²) in [6.07, 6.45) is 0.499. The summed E-state index contributed by atoms with van der Waals surface area (Å²) >= 11 is 7.49. The predicted octanol–water partition coefficient (Wildman–Crippen LogP) is 3.85. The molecule has 134 valence electrons. The number of rotatable bonds is 8. The molecule has 1 rings (SSSR count). The number of thioether (sulfide) groups is 1. The molecule has 5 nitrogen and oxygen atoms in total. The van der Waals surface area contributed by atoms with Gasteiger partial charge in [0, 0.05) is 35.2 Å². The molecule has 0 saturated heterocycles. The van der Waals surface area contributed by atoms with Gasteiger partial charge in [0.25, 0.3) is 0 Å². The van der Waals surface area contributed by atoms with E-state index in [9.17, 15) is 9.59 Å². The van der Waals surface area contributed by atoms with Gasteiger partial charge in [-0.15, -0.1) is 11.8 Å². The number of carbonyl (C=O) groups excluding carboxylic acids is 2. The Labute approximate surface area is 152 Å². The van der Waals surface area contributed by atoms with Crippen LogP contribution in [0.15, 0.2) is 29.2 Å². The van der Waals surface area contributed by atoms with Gasteiger partial charge in [-0.25, -0.2) is 4.79 Å². The summed E-state index contributed by atoms with van der Waals surface area (Å²) in [6.45, 7) is 6.44. The van der Waals surface area contributed by atoms with Crippen molar-refractivity contribution in [2.45, 2.75) is 44.1 Å². The third-order valence-corrected chi connectivity index (χ3v) is 4.02. The molecule has 0 aliphatic heterocycles. The Kier molecular flexibility index (Phi) is 9.00. The molecule has 24 heavy (non-hydrogen) atoms. The van der Waals surface area contributed by atoms with Crippen LogP contribution in [-0.2, 0) is 9.53 Å². The highest BCUT2D eigenvalue weighted by atomic mass is 35.5. The molecule has 0 bridgehead atoms. The number of hydrogen-bond donors (Lipinski definition) is 2. The highest BCUT2D eigenvalue weighted by Gasteiger charge is 2.15. The van der Waals surface area contributed by atoms with E-state index in [1.807, 2.05) is 45.0 Å². The molecule has 0 unspecified atom stereocenters. The summed E-state index contributed by atoms with van der Waals surface area (Å²) in [5.74, 6) is 0.779. The molecular weight excluding hydrogens is 348 g/mol. The first-order valence-electron chi connectivity index (χ1n) is 7.88. The average Bonchev–Trinajstić information content (AvgIpc) is 2.48. The molecule has 0 aromatic heterocycles. The monoisotopic (exact) mass is 372 g/mol. The van der Waals surface area contributed by atoms with E-state index in [4.69, 9.17) is 16.3 Å². The molecule has 7 heteroatoms. The van der Waals surface area contributed by atoms with Crippen molar-refractivity contribution in [1.29, 1.82) is 0 Å². The Morgan fingerprint density at radius 3 is 2.42 bits per heavy atom. The molecule has 2 amide bonds. The summed E-state index contributed by atoms with van der Waals surface area (Å²) in [5, 5.41) is 6.21. The average molecular weight is 373 g/mol. The quantitative estimate of drug-likeness (QED) is 0.537. The Morgan fingerprint density at radius 2 is 1.79 bits per heavy atom. The van der Waals surface area contributed by atoms with Crippen molar-refractivity contribution >= 4 is 35.4 Å². The molecule has 0 heterocycles. The number of nitrogens with one attached hydrogen (secondary N) is 2. The van der Waals surface area contributed by atoms with Gasteiger partial charge in [-0.1, -0.05) is 11.6 Å². The molecule has 0 spiro atoms. The summed E-state index contributed by atoms with van der Waals surface area (Å²) in [6, 6.07) is 7.61. The van der Waals surface area contributed by atoms with Crippen molar-refractivity contribution in [2.24, 2.45) is 0 Å². The molecule has 0 saturated carbocycles. The lowest BCUT2D eigenvalue weighted by molar-refractivity contribution is -0.121. The standard InChI is InChI=1S/C17H25ClN2O3S/c1-17(2,3)23-16(22)20-10-4-5-15(21)19-11-12-24-14-8-6-13(18)7-9-14/h6-9H,4-5,10-12H2,1-3H3,(H,19,21)(H,20,22). The van der Waals surface area contributed by atoms with Crippen LogP contribution in [0.1, 0.15) is 33.6 Å². The van der Waals surface area contributed by atoms with Gasteiger partial charge >= 0.3 is 6.09 Å². The minimum absolute atomic E-state index is 0.0160. The number of halogens is 1. The highest BCUT2D eigenvalue weighted by Crippen LogP contribution is 2.19. The van der Waals surface area contributed by atoms with E-state index < -0.39 is 11.7 Å². The fourth-order valence-electron chi connectivity index (χ4n) is 1.73. The minimum Gasteiger partial charge on any atom is -0.444 e. The normalized spacial score (nSPS) is 11.0. The van der Waals surface area contributed by atoms with Crippen LogP contribution in [0.4, 0.5) is 4.79 Å². The van der Waals surface area contributed by atoms with E-state index in [1.165, 1.54) is 0 Å². The second kappa shape index (κ2) is 10.5. The van der Waals surface area contributed by atoms with Gasteiger partial charge in [0.2, 0.25) is 5.91 Å². The van der Waals surface area contributed by atoms with Crippen molar-refractivity contribution in [2.75, 3.05) is 18.8 Å². The number of hydrogen-bond acceptors (Lipinski definition) is 4. The predicted molar refractivity (Wildman–Crippen MR) is 98.7 cm³/mol. The SMILES string of the molecule is CC(C)(C)OC(=O)NCCCC(=O)NCCSc1ccc(Cl)cc1. The number of ether oxygens (including phenoxy) is 1. The summed E-state index contributed by atoms with van der Waals surface area (Å²) in [7, 11) is 0. The highest BCUT2D eigenvalue weighted by molar-refractivity contribution is 7.99. The van der Waals surface area contributed by atoms with Crippen molar-refractivity contribution < 1.29 is 14.3 Å². The molecule has 1 aromatic rings. The van der Waals surface area contributed by atoms with Crippen LogP contribution < -0.4 is 10.6 Å². The van der Waals surface area contributed by atoms with Gasteiger partial charge in [-0.2, -0.15) is 0 Å². The van der Waals surface area contributed by atoms with Crippen molar-refractivity contribution in [3.63, 3.8) is 0 Å². The number of carbonyl (C=O) groups is 2. The van der Waals surface area contributed by atoms with Gasteiger partial charge in [-0.3, -0.25) is 4.79 Å². The minimum atomic E-state index is -0.511. The lowest BCUT2D eigenvalue weighted by Crippen LogP contribution is -2.33. The first kappa shape index (κ1) is 20.6. The van der Waals surface area contributed by atoms with E-state index in [0.29, 0.717) is 31.0 Å². The smallest absolute Gasteiger partial charge is 0.407 e. The Morgan fingerprint density at radius 1 is 1.12 bits per heavy atom. The van der Waals surface area contributed by atoms with Gasteiger partial charge in [0.15, 0.2) is 0 Å². The zero-order valence-corrected chi connectivity index (χ0v) is 15.9. The van der Waals surface area contributed by atoms with Gasteiger partial charge in [0.05, 0.1) is 0 Å². The number of amides is 2. The lowest BCUT2D eigenvalue weighted by Gasteiger charge is -2.19. The fraction of sp³-hybridized carbons (Fsp3) is 0.529. The zero-order chi connectivity index (χ0) is 18.0. The molecule has 0 aliphatic rings. The van der Waals surface area contributed by atoms with Gasteiger partial charge < -0.3 is 15.4 Å². The molecule has 0 radical (unpaired) electrons. The van der Waals surface area contributed by atoms with Crippen LogP contribution >= 0.6 is 23.4 Å². The number of alkyl carbamates (subject to hydrolysis) is 1. The molecule has 2 N–H and O–H groups in total. The summed E-state index contributed by atoms with van der Waals surface area (Å²) in [4.78, 5) is 24.2. The van der Waals surface area contributed by atoms with E-state index in [1.54, 1.807) is 11.8 Å². The van der Waals surface area contributed by atoms with Crippen LogP contribution in [0, 0.1) is 0 Å². The van der Waals surface area contributed by atoms with Crippen molar-refractivity contribution in [3.05, 3.63) is 29.3 Å². The topological polar surface area (TPSA) is 67.4 Å². The Bertz CT molecular complexity index is 530. The molecular formula is C17H25ClN2O3S. The largest absolute Gasteiger partial charge is 0.444 e. The molecule has 0 aliphatic carbocycles. The third kappa shape index (κ3) is 10.4. The van der Waals surface area contributed by atoms with E-state index in [0.717, 1.165) is 10.6 Å². The molecule has 1 aromatic carbocycles. The first-order chi connectivity index (χ1) is 11.3. The van der Waals surface area contributed by atoms with Crippen molar-refractivity contribution in [3.8, 4) is 0 Å². The van der Waals surface area contributed by atoms with Crippen LogP contribution in [0.5, 0.6) is 0 Å². The maximum absolute atomic E-state index is 11.7. The maximum atomic E-state index is 11.7. The first-order valence-corrected chi connectivity index (χ1v) is 9.24. The van der Waals surface area contributed by atoms with E-state index in [-0.39, 0.29) is 5.91 Å². The zero-order valence-electron chi connectivity index (χ0n) is 14.4.